The van der Waals surface area contributed by atoms with E-state index in [1.807, 2.05) is 72.8 Å². The van der Waals surface area contributed by atoms with Gasteiger partial charge in [-0.05, 0) is 65.1 Å². The van der Waals surface area contributed by atoms with Crippen LogP contribution in [0.5, 0.6) is 0 Å². The van der Waals surface area contributed by atoms with E-state index in [0.717, 1.165) is 33.0 Å². The van der Waals surface area contributed by atoms with Crippen molar-refractivity contribution in [1.82, 2.24) is 21.4 Å². The number of primary amides is 1. The van der Waals surface area contributed by atoms with E-state index in [1.54, 1.807) is 5.48 Å². The van der Waals surface area contributed by atoms with Gasteiger partial charge in [0.25, 0.3) is 0 Å². The van der Waals surface area contributed by atoms with Gasteiger partial charge in [0, 0.05) is 25.8 Å². The minimum Gasteiger partial charge on any atom is -0.481 e. The molecule has 0 spiro atoms. The highest BCUT2D eigenvalue weighted by molar-refractivity contribution is 5.96. The van der Waals surface area contributed by atoms with Gasteiger partial charge < -0.3 is 38.3 Å². The van der Waals surface area contributed by atoms with Crippen molar-refractivity contribution in [3.05, 3.63) is 89.5 Å². The minimum absolute atomic E-state index is 0.00503. The molecule has 54 heavy (non-hydrogen) atoms. The number of aliphatic imine (C=N–C) groups is 1. The summed E-state index contributed by atoms with van der Waals surface area (Å²) in [5, 5.41) is 28.3. The molecular weight excluding hydrogens is 696 g/mol. The molecule has 3 aromatic carbocycles. The molecule has 3 aromatic rings. The van der Waals surface area contributed by atoms with Crippen LogP contribution in [0.15, 0.2) is 77.8 Å². The summed E-state index contributed by atoms with van der Waals surface area (Å²) < 4.78 is 0. The quantitative estimate of drug-likeness (QED) is 0.0258. The first kappa shape index (κ1) is 40.5. The van der Waals surface area contributed by atoms with E-state index in [0.29, 0.717) is 6.42 Å². The zero-order chi connectivity index (χ0) is 39.2. The van der Waals surface area contributed by atoms with Crippen molar-refractivity contribution < 1.29 is 39.1 Å². The number of carboxylic acids is 1. The van der Waals surface area contributed by atoms with Gasteiger partial charge in [0.1, 0.15) is 18.1 Å². The third-order valence-electron chi connectivity index (χ3n) is 9.10. The molecule has 4 rings (SSSR count). The molecule has 1 aliphatic carbocycles. The standard InChI is InChI=1S/C38H46N8O8/c39-34(50)29(15-16-33(48)49)43-37(53)31(20-26-14-13-24-7-3-4-9-28(24)26)45-36(52)30(10-5-17-42-38(40)41)44-35(51)27(21-32(47)46-54)19-22-11-12-23-6-1-2-8-25(23)18-22/h1-4,6-9,11-12,14,18,27,29-31,54H,5,10,13,15-17,19-21H2,(H2,39,50)(H,43,53)(H,44,51)(H,45,52)(H,46,47)(H,48,49)(H4,40,41,42)/t27-,29?,30?,31-/m0/s1. The molecule has 0 aliphatic heterocycles. The molecule has 0 radical (unpaired) electrons. The lowest BCUT2D eigenvalue weighted by atomic mass is 9.93. The van der Waals surface area contributed by atoms with Crippen molar-refractivity contribution in [3.63, 3.8) is 0 Å². The van der Waals surface area contributed by atoms with E-state index in [4.69, 9.17) is 22.3 Å². The predicted molar refractivity (Wildman–Crippen MR) is 200 cm³/mol. The fourth-order valence-corrected chi connectivity index (χ4v) is 6.31. The SMILES string of the molecule is NC(=O)C(CCC(=O)O)NC(=O)[C@H](CC1=CCc2ccccc21)NC(=O)C(CCCN=C(N)N)NC(=O)[C@H](CC(=O)NO)Cc1ccc2ccccc2c1. The summed E-state index contributed by atoms with van der Waals surface area (Å²) >= 11 is 0. The van der Waals surface area contributed by atoms with Crippen LogP contribution in [0, 0.1) is 5.92 Å². The van der Waals surface area contributed by atoms with Gasteiger partial charge in [0.2, 0.25) is 29.5 Å². The summed E-state index contributed by atoms with van der Waals surface area (Å²) in [5.74, 6) is -6.34. The number of amides is 5. The van der Waals surface area contributed by atoms with E-state index in [9.17, 15) is 34.0 Å². The van der Waals surface area contributed by atoms with Crippen LogP contribution in [0.25, 0.3) is 16.3 Å². The average molecular weight is 743 g/mol. The summed E-state index contributed by atoms with van der Waals surface area (Å²) in [5.41, 5.74) is 21.4. The molecule has 0 bridgehead atoms. The Morgan fingerprint density at radius 3 is 2.13 bits per heavy atom. The van der Waals surface area contributed by atoms with Gasteiger partial charge in [-0.2, -0.15) is 0 Å². The Balaban J connectivity index is 1.60. The summed E-state index contributed by atoms with van der Waals surface area (Å²) in [6, 6.07) is 16.9. The Labute approximate surface area is 311 Å². The molecule has 0 aromatic heterocycles. The number of carbonyl (C=O) groups is 6. The highest BCUT2D eigenvalue weighted by Crippen LogP contribution is 2.30. The second kappa shape index (κ2) is 19.5. The highest BCUT2D eigenvalue weighted by atomic mass is 16.5. The van der Waals surface area contributed by atoms with Crippen molar-refractivity contribution >= 4 is 57.8 Å². The number of hydrogen-bond acceptors (Lipinski definition) is 8. The summed E-state index contributed by atoms with van der Waals surface area (Å²) in [7, 11) is 0. The zero-order valence-corrected chi connectivity index (χ0v) is 29.6. The Kier molecular flexibility index (Phi) is 14.6. The molecule has 0 saturated heterocycles. The minimum atomic E-state index is -1.33. The Hall–Kier alpha value is -6.29. The molecule has 0 saturated carbocycles. The third-order valence-corrected chi connectivity index (χ3v) is 9.10. The van der Waals surface area contributed by atoms with Gasteiger partial charge in [0.05, 0.1) is 5.92 Å². The van der Waals surface area contributed by atoms with Crippen LogP contribution in [0.2, 0.25) is 0 Å². The van der Waals surface area contributed by atoms with Crippen LogP contribution in [-0.2, 0) is 41.6 Å². The number of carbonyl (C=O) groups excluding carboxylic acids is 5. The van der Waals surface area contributed by atoms with Gasteiger partial charge in [-0.3, -0.25) is 39.0 Å². The second-order valence-electron chi connectivity index (χ2n) is 13.1. The zero-order valence-electron chi connectivity index (χ0n) is 29.6. The number of aliphatic carboxylic acids is 1. The maximum atomic E-state index is 14.1. The van der Waals surface area contributed by atoms with Crippen molar-refractivity contribution in [2.45, 2.75) is 69.5 Å². The van der Waals surface area contributed by atoms with E-state index in [-0.39, 0.29) is 44.6 Å². The lowest BCUT2D eigenvalue weighted by Crippen LogP contribution is -2.57. The number of hydroxylamine groups is 1. The summed E-state index contributed by atoms with van der Waals surface area (Å²) in [6.45, 7) is 0.118. The third kappa shape index (κ3) is 11.9. The summed E-state index contributed by atoms with van der Waals surface area (Å²) in [6.07, 6.45) is 1.74. The van der Waals surface area contributed by atoms with Gasteiger partial charge in [0.15, 0.2) is 5.96 Å². The van der Waals surface area contributed by atoms with Crippen molar-refractivity contribution in [2.24, 2.45) is 28.1 Å². The van der Waals surface area contributed by atoms with Crippen LogP contribution in [0.3, 0.4) is 0 Å². The van der Waals surface area contributed by atoms with Crippen molar-refractivity contribution in [1.29, 1.82) is 0 Å². The number of nitrogens with zero attached hydrogens (tertiary/aromatic N) is 1. The number of nitrogens with two attached hydrogens (primary N) is 3. The molecule has 0 heterocycles. The number of benzene rings is 3. The Bertz CT molecular complexity index is 1930. The molecule has 0 fully saturated rings. The van der Waals surface area contributed by atoms with Crippen LogP contribution < -0.4 is 38.6 Å². The van der Waals surface area contributed by atoms with E-state index in [2.05, 4.69) is 20.9 Å². The van der Waals surface area contributed by atoms with Gasteiger partial charge >= 0.3 is 5.97 Å². The van der Waals surface area contributed by atoms with E-state index >= 15 is 0 Å². The molecule has 16 heteroatoms. The first-order valence-corrected chi connectivity index (χ1v) is 17.5. The van der Waals surface area contributed by atoms with E-state index in [1.165, 1.54) is 0 Å². The largest absolute Gasteiger partial charge is 0.481 e. The molecule has 4 atom stereocenters. The molecular formula is C38H46N8O8. The lowest BCUT2D eigenvalue weighted by molar-refractivity contribution is -0.138. The van der Waals surface area contributed by atoms with Crippen LogP contribution >= 0.6 is 0 Å². The van der Waals surface area contributed by atoms with Gasteiger partial charge in [-0.1, -0.05) is 72.8 Å². The van der Waals surface area contributed by atoms with Crippen LogP contribution in [0.4, 0.5) is 0 Å². The number of allylic oxidation sites excluding steroid dienone is 1. The van der Waals surface area contributed by atoms with Crippen LogP contribution in [0.1, 0.15) is 55.2 Å². The van der Waals surface area contributed by atoms with E-state index < -0.39 is 72.4 Å². The molecule has 286 valence electrons. The fraction of sp³-hybridized carbons (Fsp3) is 0.342. The van der Waals surface area contributed by atoms with Crippen molar-refractivity contribution in [3.8, 4) is 0 Å². The Morgan fingerprint density at radius 1 is 0.759 bits per heavy atom. The number of rotatable bonds is 20. The molecule has 2 unspecified atom stereocenters. The van der Waals surface area contributed by atoms with Crippen molar-refractivity contribution in [2.75, 3.05) is 6.54 Å². The van der Waals surface area contributed by atoms with Crippen LogP contribution in [-0.4, -0.2) is 76.4 Å². The number of hydrogen-bond donors (Lipinski definition) is 9. The maximum absolute atomic E-state index is 14.1. The molecule has 12 N–H and O–H groups in total. The normalized spacial score (nSPS) is 14.0. The lowest BCUT2D eigenvalue weighted by Gasteiger charge is -2.26. The first-order valence-electron chi connectivity index (χ1n) is 17.5. The summed E-state index contributed by atoms with van der Waals surface area (Å²) in [4.78, 5) is 81.4. The maximum Gasteiger partial charge on any atom is 0.303 e. The van der Waals surface area contributed by atoms with Gasteiger partial charge in [-0.15, -0.1) is 0 Å². The number of fused-ring (bicyclic) bond motifs is 2. The smallest absolute Gasteiger partial charge is 0.303 e. The second-order valence-corrected chi connectivity index (χ2v) is 13.1. The number of guanidine groups is 1. The Morgan fingerprint density at radius 2 is 1.43 bits per heavy atom. The number of nitrogens with one attached hydrogen (secondary N) is 4. The monoisotopic (exact) mass is 742 g/mol. The fourth-order valence-electron chi connectivity index (χ4n) is 6.31. The molecule has 1 aliphatic rings. The number of carboxylic acid groups (broad SMARTS) is 1. The topological polar surface area (TPSA) is 281 Å². The van der Waals surface area contributed by atoms with Gasteiger partial charge in [-0.25, -0.2) is 5.48 Å². The highest BCUT2D eigenvalue weighted by Gasteiger charge is 2.32. The molecule has 5 amide bonds. The average Bonchev–Trinajstić information content (AvgIpc) is 3.55. The predicted octanol–water partition coefficient (Wildman–Crippen LogP) is 0.782. The first-order chi connectivity index (χ1) is 25.8. The molecule has 16 nitrogen and oxygen atoms in total.